The molecule has 0 amide bonds. The molecular formula is C17H18N4O2. The lowest BCUT2D eigenvalue weighted by atomic mass is 10.1. The molecule has 23 heavy (non-hydrogen) atoms. The zero-order valence-electron chi connectivity index (χ0n) is 13.4. The van der Waals surface area contributed by atoms with Gasteiger partial charge in [-0.1, -0.05) is 48.8 Å². The van der Waals surface area contributed by atoms with E-state index in [-0.39, 0.29) is 5.56 Å². The standard InChI is InChI=1S/C17H18N4O2/c1-11(2)10-21-15(22)9-8-14(19-21)17-18-16(20-23-17)13-6-4-12(3)5-7-13/h4-9,11H,10H2,1-3H3. The van der Waals surface area contributed by atoms with E-state index in [2.05, 4.69) is 15.2 Å². The molecule has 0 aliphatic rings. The van der Waals surface area contributed by atoms with Crippen LogP contribution in [0.3, 0.4) is 0 Å². The van der Waals surface area contributed by atoms with Gasteiger partial charge in [-0.05, 0) is 18.9 Å². The third kappa shape index (κ3) is 3.36. The maximum Gasteiger partial charge on any atom is 0.278 e. The molecule has 2 heterocycles. The van der Waals surface area contributed by atoms with Crippen molar-refractivity contribution in [2.75, 3.05) is 0 Å². The molecule has 0 aliphatic heterocycles. The number of aryl methyl sites for hydroxylation is 1. The Morgan fingerprint density at radius 1 is 1.13 bits per heavy atom. The highest BCUT2D eigenvalue weighted by Crippen LogP contribution is 2.20. The minimum Gasteiger partial charge on any atom is -0.332 e. The van der Waals surface area contributed by atoms with Gasteiger partial charge in [0.2, 0.25) is 5.82 Å². The van der Waals surface area contributed by atoms with Crippen molar-refractivity contribution >= 4 is 0 Å². The number of benzene rings is 1. The molecule has 3 aromatic rings. The predicted octanol–water partition coefficient (Wildman–Crippen LogP) is 2.92. The second-order valence-electron chi connectivity index (χ2n) is 5.92. The van der Waals surface area contributed by atoms with E-state index in [0.29, 0.717) is 29.9 Å². The molecule has 6 heteroatoms. The van der Waals surface area contributed by atoms with E-state index in [1.165, 1.54) is 16.3 Å². The van der Waals surface area contributed by atoms with Gasteiger partial charge in [0.1, 0.15) is 5.69 Å². The van der Waals surface area contributed by atoms with Gasteiger partial charge in [0.25, 0.3) is 11.4 Å². The van der Waals surface area contributed by atoms with Crippen molar-refractivity contribution in [3.63, 3.8) is 0 Å². The Kier molecular flexibility index (Phi) is 4.06. The first-order valence-electron chi connectivity index (χ1n) is 7.52. The van der Waals surface area contributed by atoms with E-state index in [0.717, 1.165) is 5.56 Å². The summed E-state index contributed by atoms with van der Waals surface area (Å²) in [7, 11) is 0. The highest BCUT2D eigenvalue weighted by atomic mass is 16.5. The topological polar surface area (TPSA) is 73.8 Å². The monoisotopic (exact) mass is 310 g/mol. The van der Waals surface area contributed by atoms with Crippen LogP contribution in [0.2, 0.25) is 0 Å². The van der Waals surface area contributed by atoms with Crippen molar-refractivity contribution in [1.29, 1.82) is 0 Å². The molecule has 0 unspecified atom stereocenters. The van der Waals surface area contributed by atoms with Crippen LogP contribution in [0.25, 0.3) is 23.0 Å². The van der Waals surface area contributed by atoms with Crippen LogP contribution in [0.4, 0.5) is 0 Å². The van der Waals surface area contributed by atoms with Crippen LogP contribution < -0.4 is 5.56 Å². The lowest BCUT2D eigenvalue weighted by Crippen LogP contribution is -2.24. The summed E-state index contributed by atoms with van der Waals surface area (Å²) in [5, 5.41) is 8.30. The van der Waals surface area contributed by atoms with Gasteiger partial charge in [0.15, 0.2) is 0 Å². The molecule has 0 fully saturated rings. The van der Waals surface area contributed by atoms with Crippen LogP contribution in [0.15, 0.2) is 45.7 Å². The van der Waals surface area contributed by atoms with Crippen LogP contribution in [0.5, 0.6) is 0 Å². The third-order valence-corrected chi connectivity index (χ3v) is 3.36. The molecule has 118 valence electrons. The summed E-state index contributed by atoms with van der Waals surface area (Å²) in [5.74, 6) is 1.13. The van der Waals surface area contributed by atoms with Crippen LogP contribution in [0.1, 0.15) is 19.4 Å². The molecular weight excluding hydrogens is 292 g/mol. The first-order valence-corrected chi connectivity index (χ1v) is 7.52. The Morgan fingerprint density at radius 3 is 2.57 bits per heavy atom. The summed E-state index contributed by atoms with van der Waals surface area (Å²) in [5.41, 5.74) is 2.40. The van der Waals surface area contributed by atoms with Gasteiger partial charge in [0.05, 0.1) is 0 Å². The smallest absolute Gasteiger partial charge is 0.278 e. The molecule has 0 saturated heterocycles. The fraction of sp³-hybridized carbons (Fsp3) is 0.294. The predicted molar refractivity (Wildman–Crippen MR) is 86.8 cm³/mol. The fourth-order valence-corrected chi connectivity index (χ4v) is 2.19. The van der Waals surface area contributed by atoms with Crippen molar-refractivity contribution in [1.82, 2.24) is 19.9 Å². The van der Waals surface area contributed by atoms with Crippen LogP contribution >= 0.6 is 0 Å². The maximum absolute atomic E-state index is 11.8. The zero-order valence-corrected chi connectivity index (χ0v) is 13.4. The van der Waals surface area contributed by atoms with E-state index >= 15 is 0 Å². The lowest BCUT2D eigenvalue weighted by Gasteiger charge is -2.07. The van der Waals surface area contributed by atoms with Gasteiger partial charge < -0.3 is 4.52 Å². The Balaban J connectivity index is 1.94. The fourth-order valence-electron chi connectivity index (χ4n) is 2.19. The van der Waals surface area contributed by atoms with Crippen molar-refractivity contribution < 1.29 is 4.52 Å². The molecule has 0 atom stereocenters. The summed E-state index contributed by atoms with van der Waals surface area (Å²) in [6.45, 7) is 6.63. The number of aromatic nitrogens is 4. The van der Waals surface area contributed by atoms with Crippen molar-refractivity contribution in [2.24, 2.45) is 5.92 Å². The summed E-state index contributed by atoms with van der Waals surface area (Å²) < 4.78 is 6.72. The normalized spacial score (nSPS) is 11.1. The first-order chi connectivity index (χ1) is 11.0. The van der Waals surface area contributed by atoms with Crippen LogP contribution in [-0.2, 0) is 6.54 Å². The van der Waals surface area contributed by atoms with Crippen molar-refractivity contribution in [3.05, 3.63) is 52.3 Å². The van der Waals surface area contributed by atoms with Gasteiger partial charge in [-0.25, -0.2) is 4.68 Å². The van der Waals surface area contributed by atoms with Crippen LogP contribution in [-0.4, -0.2) is 19.9 Å². The molecule has 2 aromatic heterocycles. The van der Waals surface area contributed by atoms with E-state index in [9.17, 15) is 4.79 Å². The average Bonchev–Trinajstić information content (AvgIpc) is 2.99. The molecule has 1 aromatic carbocycles. The lowest BCUT2D eigenvalue weighted by molar-refractivity contribution is 0.424. The Labute approximate surface area is 133 Å². The molecule has 0 saturated carbocycles. The van der Waals surface area contributed by atoms with Gasteiger partial charge >= 0.3 is 0 Å². The molecule has 0 aliphatic carbocycles. The van der Waals surface area contributed by atoms with Crippen molar-refractivity contribution in [3.8, 4) is 23.0 Å². The second kappa shape index (κ2) is 6.16. The number of rotatable bonds is 4. The number of hydrogen-bond acceptors (Lipinski definition) is 5. The van der Waals surface area contributed by atoms with Gasteiger partial charge in [-0.3, -0.25) is 4.79 Å². The van der Waals surface area contributed by atoms with E-state index in [4.69, 9.17) is 4.52 Å². The minimum atomic E-state index is -0.138. The molecule has 6 nitrogen and oxygen atoms in total. The Bertz CT molecular complexity index is 863. The maximum atomic E-state index is 11.8. The highest BCUT2D eigenvalue weighted by molar-refractivity contribution is 5.57. The minimum absolute atomic E-state index is 0.138. The summed E-state index contributed by atoms with van der Waals surface area (Å²) in [6, 6.07) is 10.9. The molecule has 0 bridgehead atoms. The number of nitrogens with zero attached hydrogens (tertiary/aromatic N) is 4. The van der Waals surface area contributed by atoms with Gasteiger partial charge in [0, 0.05) is 18.2 Å². The van der Waals surface area contributed by atoms with E-state index in [1.54, 1.807) is 6.07 Å². The molecule has 0 spiro atoms. The first kappa shape index (κ1) is 15.1. The van der Waals surface area contributed by atoms with Gasteiger partial charge in [-0.2, -0.15) is 10.1 Å². The molecule has 0 N–H and O–H groups in total. The van der Waals surface area contributed by atoms with E-state index in [1.807, 2.05) is 45.0 Å². The van der Waals surface area contributed by atoms with E-state index < -0.39 is 0 Å². The highest BCUT2D eigenvalue weighted by Gasteiger charge is 2.13. The third-order valence-electron chi connectivity index (χ3n) is 3.36. The SMILES string of the molecule is Cc1ccc(-c2noc(-c3ccc(=O)n(CC(C)C)n3)n2)cc1. The molecule has 0 radical (unpaired) electrons. The molecule has 3 rings (SSSR count). The summed E-state index contributed by atoms with van der Waals surface area (Å²) in [4.78, 5) is 16.2. The quantitative estimate of drug-likeness (QED) is 0.740. The average molecular weight is 310 g/mol. The second-order valence-corrected chi connectivity index (χ2v) is 5.92. The van der Waals surface area contributed by atoms with Gasteiger partial charge in [-0.15, -0.1) is 0 Å². The number of hydrogen-bond donors (Lipinski definition) is 0. The summed E-state index contributed by atoms with van der Waals surface area (Å²) in [6.07, 6.45) is 0. The summed E-state index contributed by atoms with van der Waals surface area (Å²) >= 11 is 0. The van der Waals surface area contributed by atoms with Crippen LogP contribution in [0, 0.1) is 12.8 Å². The van der Waals surface area contributed by atoms with Crippen molar-refractivity contribution in [2.45, 2.75) is 27.3 Å². The largest absolute Gasteiger partial charge is 0.332 e. The zero-order chi connectivity index (χ0) is 16.4. The Morgan fingerprint density at radius 2 is 1.87 bits per heavy atom. The Hall–Kier alpha value is -2.76.